The normalized spacial score (nSPS) is 11.6. The molecular formula is C21H28N6O. The molecule has 0 saturated carbocycles. The molecule has 0 aliphatic carbocycles. The highest BCUT2D eigenvalue weighted by molar-refractivity contribution is 5.79. The van der Waals surface area contributed by atoms with Crippen molar-refractivity contribution in [1.82, 2.24) is 24.9 Å². The average Bonchev–Trinajstić information content (AvgIpc) is 3.35. The average molecular weight is 380 g/mol. The van der Waals surface area contributed by atoms with Crippen molar-refractivity contribution in [2.24, 2.45) is 12.0 Å². The Bertz CT molecular complexity index is 909. The van der Waals surface area contributed by atoms with Gasteiger partial charge in [-0.05, 0) is 36.2 Å². The lowest BCUT2D eigenvalue weighted by Crippen LogP contribution is -2.39. The van der Waals surface area contributed by atoms with Crippen LogP contribution >= 0.6 is 0 Å². The Labute approximate surface area is 166 Å². The molecule has 0 atom stereocenters. The number of benzene rings is 1. The molecule has 0 saturated heterocycles. The summed E-state index contributed by atoms with van der Waals surface area (Å²) < 4.78 is 7.41. The van der Waals surface area contributed by atoms with E-state index in [-0.39, 0.29) is 0 Å². The second kappa shape index (κ2) is 9.21. The maximum atomic E-state index is 5.29. The molecule has 2 heterocycles. The van der Waals surface area contributed by atoms with Crippen molar-refractivity contribution in [2.45, 2.75) is 26.3 Å². The first-order valence-corrected chi connectivity index (χ1v) is 9.54. The van der Waals surface area contributed by atoms with Gasteiger partial charge >= 0.3 is 0 Å². The van der Waals surface area contributed by atoms with E-state index in [1.54, 1.807) is 0 Å². The van der Waals surface area contributed by atoms with Gasteiger partial charge in [-0.25, -0.2) is 0 Å². The van der Waals surface area contributed by atoms with E-state index in [1.807, 2.05) is 33.2 Å². The summed E-state index contributed by atoms with van der Waals surface area (Å²) in [5.74, 6) is 2.19. The first kappa shape index (κ1) is 19.7. The molecule has 7 heteroatoms. The Morgan fingerprint density at radius 1 is 1.25 bits per heavy atom. The van der Waals surface area contributed by atoms with Crippen molar-refractivity contribution in [1.29, 1.82) is 0 Å². The quantitative estimate of drug-likeness (QED) is 0.504. The van der Waals surface area contributed by atoms with Crippen LogP contribution in [-0.2, 0) is 26.4 Å². The smallest absolute Gasteiger partial charge is 0.257 e. The second-order valence-electron chi connectivity index (χ2n) is 6.76. The molecule has 3 aromatic rings. The molecule has 3 rings (SSSR count). The molecule has 0 aliphatic rings. The fraction of sp³-hybridized carbons (Fsp3) is 0.381. The van der Waals surface area contributed by atoms with Gasteiger partial charge in [0.05, 0.1) is 6.54 Å². The molecule has 1 N–H and O–H groups in total. The fourth-order valence-corrected chi connectivity index (χ4v) is 3.01. The number of aliphatic imine (C=N–C) groups is 1. The topological polar surface area (TPSA) is 71.5 Å². The number of hydrogen-bond acceptors (Lipinski definition) is 4. The molecule has 7 nitrogen and oxygen atoms in total. The monoisotopic (exact) mass is 380 g/mol. The number of nitrogens with zero attached hydrogens (tertiary/aromatic N) is 5. The maximum Gasteiger partial charge on any atom is 0.257 e. The van der Waals surface area contributed by atoms with Gasteiger partial charge in [-0.2, -0.15) is 4.98 Å². The fourth-order valence-electron chi connectivity index (χ4n) is 3.01. The van der Waals surface area contributed by atoms with Crippen LogP contribution in [0.25, 0.3) is 11.5 Å². The summed E-state index contributed by atoms with van der Waals surface area (Å²) in [4.78, 5) is 10.9. The Kier molecular flexibility index (Phi) is 6.47. The van der Waals surface area contributed by atoms with E-state index in [0.717, 1.165) is 43.3 Å². The minimum atomic E-state index is 0.573. The van der Waals surface area contributed by atoms with Crippen LogP contribution in [0.5, 0.6) is 0 Å². The summed E-state index contributed by atoms with van der Waals surface area (Å²) in [5.41, 5.74) is 3.43. The molecule has 0 unspecified atom stereocenters. The van der Waals surface area contributed by atoms with Gasteiger partial charge < -0.3 is 19.3 Å². The zero-order chi connectivity index (χ0) is 19.9. The Balaban J connectivity index is 1.51. The molecule has 0 radical (unpaired) electrons. The summed E-state index contributed by atoms with van der Waals surface area (Å²) in [6, 6.07) is 12.4. The van der Waals surface area contributed by atoms with E-state index in [9.17, 15) is 0 Å². The molecule has 0 bridgehead atoms. The van der Waals surface area contributed by atoms with E-state index in [4.69, 9.17) is 4.52 Å². The van der Waals surface area contributed by atoms with E-state index in [1.165, 1.54) is 11.3 Å². The summed E-state index contributed by atoms with van der Waals surface area (Å²) in [7, 11) is 5.92. The minimum Gasteiger partial charge on any atom is -0.356 e. The second-order valence-corrected chi connectivity index (χ2v) is 6.76. The van der Waals surface area contributed by atoms with Crippen LogP contribution in [0.1, 0.15) is 24.0 Å². The van der Waals surface area contributed by atoms with E-state index in [2.05, 4.69) is 67.4 Å². The Morgan fingerprint density at radius 3 is 2.64 bits per heavy atom. The predicted molar refractivity (Wildman–Crippen MR) is 111 cm³/mol. The Hall–Kier alpha value is -3.09. The molecule has 2 aromatic heterocycles. The summed E-state index contributed by atoms with van der Waals surface area (Å²) in [5, 5.41) is 7.38. The largest absolute Gasteiger partial charge is 0.356 e. The lowest BCUT2D eigenvalue weighted by atomic mass is 10.1. The molecule has 0 aliphatic heterocycles. The van der Waals surface area contributed by atoms with Crippen LogP contribution in [0.4, 0.5) is 0 Å². The minimum absolute atomic E-state index is 0.573. The molecule has 28 heavy (non-hydrogen) atoms. The third-order valence-electron chi connectivity index (χ3n) is 4.71. The van der Waals surface area contributed by atoms with Gasteiger partial charge in [0.1, 0.15) is 0 Å². The molecule has 0 fully saturated rings. The van der Waals surface area contributed by atoms with Gasteiger partial charge in [0.2, 0.25) is 0 Å². The van der Waals surface area contributed by atoms with Crippen molar-refractivity contribution in [2.75, 3.05) is 20.6 Å². The number of hydrogen-bond donors (Lipinski definition) is 1. The molecule has 0 amide bonds. The van der Waals surface area contributed by atoms with Crippen molar-refractivity contribution in [3.8, 4) is 11.5 Å². The van der Waals surface area contributed by atoms with E-state index < -0.39 is 0 Å². The van der Waals surface area contributed by atoms with Gasteiger partial charge in [0, 0.05) is 51.6 Å². The highest BCUT2D eigenvalue weighted by Crippen LogP contribution is 2.18. The first-order valence-electron chi connectivity index (χ1n) is 9.54. The molecular weight excluding hydrogens is 352 g/mol. The zero-order valence-electron chi connectivity index (χ0n) is 17.0. The van der Waals surface area contributed by atoms with Gasteiger partial charge in [-0.15, -0.1) is 0 Å². The van der Waals surface area contributed by atoms with Gasteiger partial charge in [-0.1, -0.05) is 24.2 Å². The van der Waals surface area contributed by atoms with Crippen LogP contribution in [-0.4, -0.2) is 46.2 Å². The number of aromatic nitrogens is 3. The van der Waals surface area contributed by atoms with Gasteiger partial charge in [-0.3, -0.25) is 4.99 Å². The number of nitrogens with one attached hydrogen (secondary N) is 1. The number of aryl methyl sites for hydroxylation is 2. The van der Waals surface area contributed by atoms with Crippen LogP contribution in [0.2, 0.25) is 0 Å². The van der Waals surface area contributed by atoms with Crippen molar-refractivity contribution >= 4 is 5.96 Å². The maximum absolute atomic E-state index is 5.29. The zero-order valence-corrected chi connectivity index (χ0v) is 17.0. The van der Waals surface area contributed by atoms with Crippen molar-refractivity contribution in [3.05, 3.63) is 59.7 Å². The lowest BCUT2D eigenvalue weighted by molar-refractivity contribution is 0.423. The third-order valence-corrected chi connectivity index (χ3v) is 4.71. The van der Waals surface area contributed by atoms with E-state index in [0.29, 0.717) is 5.89 Å². The Morgan fingerprint density at radius 2 is 2.04 bits per heavy atom. The SMILES string of the molecule is CCc1noc(-c2ccc(CCNC(=NC)N(C)Cc3cccn3C)cc2)n1. The summed E-state index contributed by atoms with van der Waals surface area (Å²) in [6.45, 7) is 3.63. The van der Waals surface area contributed by atoms with Crippen LogP contribution in [0, 0.1) is 0 Å². The van der Waals surface area contributed by atoms with Gasteiger partial charge in [0.15, 0.2) is 11.8 Å². The standard InChI is InChI=1S/C21H28N6O/c1-5-19-24-20(28-25-19)17-10-8-16(9-11-17)12-13-23-21(22-2)27(4)15-18-7-6-14-26(18)3/h6-11,14H,5,12-13,15H2,1-4H3,(H,22,23). The first-order chi connectivity index (χ1) is 13.6. The van der Waals surface area contributed by atoms with Crippen LogP contribution in [0.15, 0.2) is 52.1 Å². The lowest BCUT2D eigenvalue weighted by Gasteiger charge is -2.22. The summed E-state index contributed by atoms with van der Waals surface area (Å²) >= 11 is 0. The van der Waals surface area contributed by atoms with E-state index >= 15 is 0 Å². The third kappa shape index (κ3) is 4.79. The predicted octanol–water partition coefficient (Wildman–Crippen LogP) is 2.89. The van der Waals surface area contributed by atoms with Crippen LogP contribution in [0.3, 0.4) is 0 Å². The summed E-state index contributed by atoms with van der Waals surface area (Å²) in [6.07, 6.45) is 3.73. The van der Waals surface area contributed by atoms with Gasteiger partial charge in [0.25, 0.3) is 5.89 Å². The molecule has 1 aromatic carbocycles. The highest BCUT2D eigenvalue weighted by Gasteiger charge is 2.09. The highest BCUT2D eigenvalue weighted by atomic mass is 16.5. The molecule has 0 spiro atoms. The van der Waals surface area contributed by atoms with Crippen molar-refractivity contribution in [3.63, 3.8) is 0 Å². The van der Waals surface area contributed by atoms with Crippen molar-refractivity contribution < 1.29 is 4.52 Å². The number of rotatable bonds is 7. The van der Waals surface area contributed by atoms with Crippen LogP contribution < -0.4 is 5.32 Å². The number of guanidine groups is 1. The molecule has 148 valence electrons.